The molecule has 2 rings (SSSR count). The zero-order valence-electron chi connectivity index (χ0n) is 32.3. The normalized spacial score (nSPS) is 13.1. The van der Waals surface area contributed by atoms with Gasteiger partial charge in [-0.2, -0.15) is 0 Å². The van der Waals surface area contributed by atoms with Crippen LogP contribution in [-0.4, -0.2) is 98.3 Å². The van der Waals surface area contributed by atoms with Gasteiger partial charge in [-0.1, -0.05) is 26.0 Å². The van der Waals surface area contributed by atoms with Crippen LogP contribution in [0.3, 0.4) is 0 Å². The Hall–Kier alpha value is -2.85. The molecule has 0 saturated carbocycles. The number of carbonyl (C=O) groups excluding carboxylic acids is 1. The Labute approximate surface area is 292 Å². The molecule has 0 amide bonds. The van der Waals surface area contributed by atoms with Gasteiger partial charge in [-0.05, 0) is 115 Å². The first kappa shape index (κ1) is 43.2. The predicted octanol–water partition coefficient (Wildman–Crippen LogP) is 6.97. The van der Waals surface area contributed by atoms with E-state index < -0.39 is 0 Å². The zero-order valence-corrected chi connectivity index (χ0v) is 32.3. The number of likely N-dealkylation sites (N-methyl/N-ethyl adjacent to an activating group) is 2. The van der Waals surface area contributed by atoms with E-state index >= 15 is 0 Å². The third-order valence-electron chi connectivity index (χ3n) is 9.27. The highest BCUT2D eigenvalue weighted by Gasteiger charge is 2.35. The summed E-state index contributed by atoms with van der Waals surface area (Å²) in [6, 6.07) is 12.5. The molecule has 2 aromatic carbocycles. The number of nitrogens with zero attached hydrogens (tertiary/aromatic N) is 1. The number of carbonyl (C=O) groups is 1. The van der Waals surface area contributed by atoms with Gasteiger partial charge in [0.15, 0.2) is 23.0 Å². The largest absolute Gasteiger partial charge is 0.493 e. The summed E-state index contributed by atoms with van der Waals surface area (Å²) in [6.45, 7) is 16.1. The van der Waals surface area contributed by atoms with Crippen LogP contribution in [0.15, 0.2) is 36.4 Å². The minimum Gasteiger partial charge on any atom is -0.493 e. The number of nitrogens with one attached hydrogen (secondary N) is 1. The standard InChI is InChI=1S/C28H44N2O4.C11H22O3/c1-21(2)28(20-29-3,23-11-13-25(32-6)27(19-23)34-8)15-9-16-30(4)17-14-22-10-12-24(31-5)26(18-22)33-7;1-10(2,13-5)7-9-14-11(3,4)6-8-12/h10-13,18-19,21,29H,9,14-17,20H2,1-8H3;8H,6-7,9H2,1-5H3. The van der Waals surface area contributed by atoms with Crippen molar-refractivity contribution in [1.82, 2.24) is 10.2 Å². The van der Waals surface area contributed by atoms with Crippen LogP contribution in [-0.2, 0) is 26.1 Å². The summed E-state index contributed by atoms with van der Waals surface area (Å²) in [4.78, 5) is 12.7. The summed E-state index contributed by atoms with van der Waals surface area (Å²) >= 11 is 0. The maximum absolute atomic E-state index is 10.3. The molecular formula is C39H66N2O7. The first-order chi connectivity index (χ1) is 22.7. The highest BCUT2D eigenvalue weighted by molar-refractivity contribution is 5.51. The van der Waals surface area contributed by atoms with Crippen molar-refractivity contribution in [2.45, 2.75) is 90.3 Å². The maximum Gasteiger partial charge on any atom is 0.161 e. The fourth-order valence-corrected chi connectivity index (χ4v) is 5.69. The van der Waals surface area contributed by atoms with Crippen molar-refractivity contribution < 1.29 is 33.2 Å². The number of hydrogen-bond donors (Lipinski definition) is 1. The van der Waals surface area contributed by atoms with E-state index in [1.54, 1.807) is 35.5 Å². The summed E-state index contributed by atoms with van der Waals surface area (Å²) in [5.74, 6) is 3.57. The van der Waals surface area contributed by atoms with Crippen molar-refractivity contribution in [3.05, 3.63) is 47.5 Å². The highest BCUT2D eigenvalue weighted by atomic mass is 16.5. The molecule has 1 unspecified atom stereocenters. The Morgan fingerprint density at radius 2 is 1.38 bits per heavy atom. The molecule has 0 bridgehead atoms. The second-order valence-corrected chi connectivity index (χ2v) is 13.9. The van der Waals surface area contributed by atoms with Gasteiger partial charge < -0.3 is 43.4 Å². The van der Waals surface area contributed by atoms with E-state index in [0.29, 0.717) is 18.9 Å². The smallest absolute Gasteiger partial charge is 0.161 e. The number of methoxy groups -OCH3 is 5. The van der Waals surface area contributed by atoms with Crippen LogP contribution in [0, 0.1) is 5.92 Å². The summed E-state index contributed by atoms with van der Waals surface area (Å²) < 4.78 is 32.7. The number of hydrogen-bond acceptors (Lipinski definition) is 9. The average Bonchev–Trinajstić information content (AvgIpc) is 3.06. The molecule has 0 saturated heterocycles. The molecule has 274 valence electrons. The summed E-state index contributed by atoms with van der Waals surface area (Å²) in [5, 5.41) is 3.45. The molecular weight excluding hydrogens is 608 g/mol. The molecule has 0 aliphatic carbocycles. The molecule has 2 aromatic rings. The van der Waals surface area contributed by atoms with Crippen LogP contribution < -0.4 is 24.3 Å². The lowest BCUT2D eigenvalue weighted by molar-refractivity contribution is -0.115. The summed E-state index contributed by atoms with van der Waals surface area (Å²) in [5.41, 5.74) is 2.05. The molecule has 0 aliphatic rings. The monoisotopic (exact) mass is 674 g/mol. The van der Waals surface area contributed by atoms with Crippen LogP contribution in [0.2, 0.25) is 0 Å². The topological polar surface area (TPSA) is 87.7 Å². The number of aldehydes is 1. The third-order valence-corrected chi connectivity index (χ3v) is 9.27. The fourth-order valence-electron chi connectivity index (χ4n) is 5.69. The maximum atomic E-state index is 10.3. The van der Waals surface area contributed by atoms with E-state index in [1.165, 1.54) is 11.1 Å². The average molecular weight is 675 g/mol. The van der Waals surface area contributed by atoms with Gasteiger partial charge in [0.05, 0.1) is 46.2 Å². The van der Waals surface area contributed by atoms with Gasteiger partial charge in [-0.15, -0.1) is 0 Å². The molecule has 0 spiro atoms. The Kier molecular flexibility index (Phi) is 19.1. The van der Waals surface area contributed by atoms with E-state index in [-0.39, 0.29) is 16.6 Å². The lowest BCUT2D eigenvalue weighted by Gasteiger charge is -2.39. The van der Waals surface area contributed by atoms with E-state index in [0.717, 1.165) is 74.6 Å². The molecule has 9 heteroatoms. The molecule has 1 atom stereocenters. The van der Waals surface area contributed by atoms with Crippen molar-refractivity contribution in [3.8, 4) is 23.0 Å². The second-order valence-electron chi connectivity index (χ2n) is 13.9. The number of rotatable bonds is 22. The Morgan fingerprint density at radius 3 is 1.90 bits per heavy atom. The molecule has 0 aromatic heterocycles. The van der Waals surface area contributed by atoms with E-state index in [9.17, 15) is 4.79 Å². The quantitative estimate of drug-likeness (QED) is 0.133. The molecule has 0 fully saturated rings. The number of ether oxygens (including phenoxy) is 6. The van der Waals surface area contributed by atoms with Gasteiger partial charge in [0.25, 0.3) is 0 Å². The predicted molar refractivity (Wildman–Crippen MR) is 196 cm³/mol. The van der Waals surface area contributed by atoms with Gasteiger partial charge in [0, 0.05) is 32.0 Å². The molecule has 9 nitrogen and oxygen atoms in total. The molecule has 0 aliphatic heterocycles. The molecule has 0 heterocycles. The first-order valence-corrected chi connectivity index (χ1v) is 17.1. The fraction of sp³-hybridized carbons (Fsp3) is 0.667. The molecule has 0 radical (unpaired) electrons. The minimum atomic E-state index is -0.356. The van der Waals surface area contributed by atoms with Crippen LogP contribution in [0.5, 0.6) is 23.0 Å². The van der Waals surface area contributed by atoms with Gasteiger partial charge in [-0.3, -0.25) is 0 Å². The lowest BCUT2D eigenvalue weighted by Crippen LogP contribution is -2.42. The zero-order chi connectivity index (χ0) is 36.4. The lowest BCUT2D eigenvalue weighted by atomic mass is 9.68. The van der Waals surface area contributed by atoms with Crippen molar-refractivity contribution in [1.29, 1.82) is 0 Å². The SMILES string of the molecule is CNCC(CCCN(C)CCc1ccc(OC)c(OC)c1)(c1ccc(OC)c(OC)c1)C(C)C.COC(C)(C)CCOC(C)(C)CC=O. The Balaban J connectivity index is 0.000000692. The third kappa shape index (κ3) is 13.9. The van der Waals surface area contributed by atoms with E-state index in [1.807, 2.05) is 46.9 Å². The van der Waals surface area contributed by atoms with Crippen molar-refractivity contribution in [2.75, 3.05) is 75.9 Å². The van der Waals surface area contributed by atoms with E-state index in [2.05, 4.69) is 55.4 Å². The van der Waals surface area contributed by atoms with Gasteiger partial charge in [0.2, 0.25) is 0 Å². The van der Waals surface area contributed by atoms with Gasteiger partial charge in [-0.25, -0.2) is 0 Å². The van der Waals surface area contributed by atoms with Crippen LogP contribution in [0.25, 0.3) is 0 Å². The van der Waals surface area contributed by atoms with Crippen LogP contribution >= 0.6 is 0 Å². The minimum absolute atomic E-state index is 0.0124. The molecule has 1 N–H and O–H groups in total. The van der Waals surface area contributed by atoms with E-state index in [4.69, 9.17) is 28.4 Å². The van der Waals surface area contributed by atoms with Crippen molar-refractivity contribution >= 4 is 6.29 Å². The summed E-state index contributed by atoms with van der Waals surface area (Å²) in [7, 11) is 12.6. The highest BCUT2D eigenvalue weighted by Crippen LogP contribution is 2.40. The Bertz CT molecular complexity index is 1200. The second kappa shape index (κ2) is 21.3. The molecule has 48 heavy (non-hydrogen) atoms. The summed E-state index contributed by atoms with van der Waals surface area (Å²) in [6.07, 6.45) is 5.31. The Morgan fingerprint density at radius 1 is 0.792 bits per heavy atom. The van der Waals surface area contributed by atoms with Crippen LogP contribution in [0.4, 0.5) is 0 Å². The van der Waals surface area contributed by atoms with Gasteiger partial charge >= 0.3 is 0 Å². The van der Waals surface area contributed by atoms with Gasteiger partial charge in [0.1, 0.15) is 6.29 Å². The van der Waals surface area contributed by atoms with Crippen molar-refractivity contribution in [3.63, 3.8) is 0 Å². The first-order valence-electron chi connectivity index (χ1n) is 17.1. The van der Waals surface area contributed by atoms with Crippen LogP contribution in [0.1, 0.15) is 78.4 Å². The number of benzene rings is 2. The van der Waals surface area contributed by atoms with Crippen molar-refractivity contribution in [2.24, 2.45) is 5.92 Å².